The lowest BCUT2D eigenvalue weighted by atomic mass is 10.1. The molecule has 0 aliphatic rings. The van der Waals surface area contributed by atoms with Gasteiger partial charge in [-0.05, 0) is 30.5 Å². The Kier molecular flexibility index (Phi) is 3.10. The maximum absolute atomic E-state index is 11.7. The zero-order chi connectivity index (χ0) is 12.4. The van der Waals surface area contributed by atoms with Gasteiger partial charge in [-0.15, -0.1) is 11.3 Å². The zero-order valence-corrected chi connectivity index (χ0v) is 9.91. The van der Waals surface area contributed by atoms with Crippen LogP contribution in [0.25, 0.3) is 10.1 Å². The Bertz CT molecular complexity index is 585. The van der Waals surface area contributed by atoms with Gasteiger partial charge in [0.1, 0.15) is 5.75 Å². The van der Waals surface area contributed by atoms with E-state index in [2.05, 4.69) is 4.74 Å². The minimum atomic E-state index is -0.947. The molecule has 0 aliphatic carbocycles. The molecule has 0 fully saturated rings. The van der Waals surface area contributed by atoms with E-state index in [-0.39, 0.29) is 17.9 Å². The average Bonchev–Trinajstić information content (AvgIpc) is 2.78. The van der Waals surface area contributed by atoms with Gasteiger partial charge < -0.3 is 9.84 Å². The van der Waals surface area contributed by atoms with Crippen molar-refractivity contribution >= 4 is 33.2 Å². The molecule has 88 valence electrons. The molecule has 1 aromatic carbocycles. The predicted molar refractivity (Wildman–Crippen MR) is 64.5 cm³/mol. The SMILES string of the molecule is CCOC(=O)C(=O)c1ccc2sccc2c1O. The van der Waals surface area contributed by atoms with Crippen molar-refractivity contribution in [2.24, 2.45) is 0 Å². The fourth-order valence-corrected chi connectivity index (χ4v) is 2.31. The van der Waals surface area contributed by atoms with Crippen molar-refractivity contribution in [1.29, 1.82) is 0 Å². The number of aromatic hydroxyl groups is 1. The van der Waals surface area contributed by atoms with E-state index in [1.165, 1.54) is 17.4 Å². The molecule has 0 saturated carbocycles. The van der Waals surface area contributed by atoms with E-state index < -0.39 is 11.8 Å². The van der Waals surface area contributed by atoms with E-state index in [0.717, 1.165) is 4.70 Å². The summed E-state index contributed by atoms with van der Waals surface area (Å²) in [4.78, 5) is 23.0. The minimum Gasteiger partial charge on any atom is -0.506 e. The molecule has 5 heteroatoms. The largest absolute Gasteiger partial charge is 0.506 e. The summed E-state index contributed by atoms with van der Waals surface area (Å²) >= 11 is 1.45. The Morgan fingerprint density at radius 2 is 2.12 bits per heavy atom. The molecule has 1 aromatic heterocycles. The number of esters is 1. The van der Waals surface area contributed by atoms with Crippen LogP contribution in [0.1, 0.15) is 17.3 Å². The topological polar surface area (TPSA) is 63.6 Å². The summed E-state index contributed by atoms with van der Waals surface area (Å²) in [5.74, 6) is -1.93. The van der Waals surface area contributed by atoms with Crippen LogP contribution in [0, 0.1) is 0 Å². The van der Waals surface area contributed by atoms with Crippen molar-refractivity contribution in [3.8, 4) is 5.75 Å². The number of rotatable bonds is 3. The molecule has 0 unspecified atom stereocenters. The van der Waals surface area contributed by atoms with Crippen LogP contribution >= 0.6 is 11.3 Å². The average molecular weight is 250 g/mol. The highest BCUT2D eigenvalue weighted by molar-refractivity contribution is 7.17. The fraction of sp³-hybridized carbons (Fsp3) is 0.167. The number of carbonyl (C=O) groups excluding carboxylic acids is 2. The quantitative estimate of drug-likeness (QED) is 0.516. The monoisotopic (exact) mass is 250 g/mol. The fourth-order valence-electron chi connectivity index (χ4n) is 1.52. The molecule has 0 atom stereocenters. The predicted octanol–water partition coefficient (Wildman–Crippen LogP) is 2.35. The third-order valence-electron chi connectivity index (χ3n) is 2.31. The molecule has 0 saturated heterocycles. The van der Waals surface area contributed by atoms with Crippen LogP contribution < -0.4 is 0 Å². The lowest BCUT2D eigenvalue weighted by molar-refractivity contribution is -0.137. The van der Waals surface area contributed by atoms with Crippen molar-refractivity contribution in [1.82, 2.24) is 0 Å². The number of Topliss-reactive ketones (excluding diaryl/α,β-unsaturated/α-hetero) is 1. The first-order valence-corrected chi connectivity index (χ1v) is 5.93. The zero-order valence-electron chi connectivity index (χ0n) is 9.10. The summed E-state index contributed by atoms with van der Waals surface area (Å²) in [5.41, 5.74) is -0.0191. The summed E-state index contributed by atoms with van der Waals surface area (Å²) in [5, 5.41) is 12.3. The third-order valence-corrected chi connectivity index (χ3v) is 3.19. The summed E-state index contributed by atoms with van der Waals surface area (Å²) in [6, 6.07) is 4.84. The molecule has 4 nitrogen and oxygen atoms in total. The first-order valence-electron chi connectivity index (χ1n) is 5.05. The second kappa shape index (κ2) is 4.55. The van der Waals surface area contributed by atoms with Gasteiger partial charge in [0.25, 0.3) is 5.78 Å². The van der Waals surface area contributed by atoms with Gasteiger partial charge in [0.15, 0.2) is 0 Å². The van der Waals surface area contributed by atoms with Crippen molar-refractivity contribution in [3.63, 3.8) is 0 Å². The summed E-state index contributed by atoms with van der Waals surface area (Å²) < 4.78 is 5.47. The molecular formula is C12H10O4S. The van der Waals surface area contributed by atoms with E-state index in [0.29, 0.717) is 5.39 Å². The molecular weight excluding hydrogens is 240 g/mol. The molecule has 0 aliphatic heterocycles. The maximum Gasteiger partial charge on any atom is 0.379 e. The van der Waals surface area contributed by atoms with Crippen molar-refractivity contribution < 1.29 is 19.4 Å². The highest BCUT2D eigenvalue weighted by Gasteiger charge is 2.22. The van der Waals surface area contributed by atoms with Crippen LogP contribution in [-0.2, 0) is 9.53 Å². The third kappa shape index (κ3) is 2.01. The molecule has 0 amide bonds. The number of hydrogen-bond acceptors (Lipinski definition) is 5. The van der Waals surface area contributed by atoms with Gasteiger partial charge in [-0.25, -0.2) is 4.79 Å². The molecule has 1 N–H and O–H groups in total. The van der Waals surface area contributed by atoms with Crippen molar-refractivity contribution in [2.75, 3.05) is 6.61 Å². The Morgan fingerprint density at radius 1 is 1.35 bits per heavy atom. The van der Waals surface area contributed by atoms with E-state index in [9.17, 15) is 14.7 Å². The Labute approximate surface area is 101 Å². The number of benzene rings is 1. The summed E-state index contributed by atoms with van der Waals surface area (Å²) in [6.07, 6.45) is 0. The highest BCUT2D eigenvalue weighted by Crippen LogP contribution is 2.32. The number of thiophene rings is 1. The first kappa shape index (κ1) is 11.6. The Balaban J connectivity index is 2.45. The number of carbonyl (C=O) groups is 2. The van der Waals surface area contributed by atoms with Gasteiger partial charge in [0.05, 0.1) is 12.2 Å². The number of phenols is 1. The van der Waals surface area contributed by atoms with Crippen molar-refractivity contribution in [2.45, 2.75) is 6.92 Å². The standard InChI is InChI=1S/C12H10O4S/c1-2-16-12(15)11(14)8-3-4-9-7(10(8)13)5-6-17-9/h3-6,13H,2H2,1H3. The van der Waals surface area contributed by atoms with Crippen LogP contribution in [-0.4, -0.2) is 23.5 Å². The smallest absolute Gasteiger partial charge is 0.379 e. The molecule has 0 spiro atoms. The second-order valence-electron chi connectivity index (χ2n) is 3.34. The maximum atomic E-state index is 11.7. The molecule has 2 rings (SSSR count). The molecule has 2 aromatic rings. The number of ether oxygens (including phenoxy) is 1. The van der Waals surface area contributed by atoms with Crippen molar-refractivity contribution in [3.05, 3.63) is 29.1 Å². The van der Waals surface area contributed by atoms with Crippen LogP contribution in [0.3, 0.4) is 0 Å². The van der Waals surface area contributed by atoms with Gasteiger partial charge in [-0.2, -0.15) is 0 Å². The lowest BCUT2D eigenvalue weighted by Crippen LogP contribution is -2.17. The van der Waals surface area contributed by atoms with Gasteiger partial charge in [0.2, 0.25) is 0 Å². The van der Waals surface area contributed by atoms with E-state index in [1.54, 1.807) is 19.1 Å². The molecule has 17 heavy (non-hydrogen) atoms. The lowest BCUT2D eigenvalue weighted by Gasteiger charge is -2.04. The summed E-state index contributed by atoms with van der Waals surface area (Å²) in [6.45, 7) is 1.75. The van der Waals surface area contributed by atoms with Crippen LogP contribution in [0.5, 0.6) is 5.75 Å². The van der Waals surface area contributed by atoms with Gasteiger partial charge >= 0.3 is 5.97 Å². The van der Waals surface area contributed by atoms with Crippen LogP contribution in [0.4, 0.5) is 0 Å². The number of fused-ring (bicyclic) bond motifs is 1. The highest BCUT2D eigenvalue weighted by atomic mass is 32.1. The van der Waals surface area contributed by atoms with Gasteiger partial charge in [-0.3, -0.25) is 4.79 Å². The summed E-state index contributed by atoms with van der Waals surface area (Å²) in [7, 11) is 0. The Hall–Kier alpha value is -1.88. The minimum absolute atomic E-state index is 0.0191. The van der Waals surface area contributed by atoms with Crippen LogP contribution in [0.2, 0.25) is 0 Å². The second-order valence-corrected chi connectivity index (χ2v) is 4.29. The van der Waals surface area contributed by atoms with Crippen LogP contribution in [0.15, 0.2) is 23.6 Å². The first-order chi connectivity index (χ1) is 8.15. The van der Waals surface area contributed by atoms with E-state index >= 15 is 0 Å². The number of phenolic OH excluding ortho intramolecular Hbond substituents is 1. The Morgan fingerprint density at radius 3 is 2.82 bits per heavy atom. The normalized spacial score (nSPS) is 10.4. The van der Waals surface area contributed by atoms with Gasteiger partial charge in [0, 0.05) is 10.1 Å². The molecule has 1 heterocycles. The van der Waals surface area contributed by atoms with E-state index in [4.69, 9.17) is 0 Å². The molecule has 0 bridgehead atoms. The number of ketones is 1. The van der Waals surface area contributed by atoms with E-state index in [1.807, 2.05) is 5.38 Å². The molecule has 0 radical (unpaired) electrons. The van der Waals surface area contributed by atoms with Gasteiger partial charge in [-0.1, -0.05) is 0 Å². The number of hydrogen-bond donors (Lipinski definition) is 1.